The van der Waals surface area contributed by atoms with E-state index in [-0.39, 0.29) is 17.9 Å². The van der Waals surface area contributed by atoms with Crippen LogP contribution in [0.3, 0.4) is 0 Å². The second-order valence-corrected chi connectivity index (χ2v) is 17.8. The number of rotatable bonds is 13. The minimum absolute atomic E-state index is 0.149. The molecule has 4 N–H and O–H groups in total. The van der Waals surface area contributed by atoms with Crippen LogP contribution >= 0.6 is 10.2 Å². The van der Waals surface area contributed by atoms with Crippen molar-refractivity contribution < 1.29 is 57.3 Å². The van der Waals surface area contributed by atoms with E-state index in [0.717, 1.165) is 11.1 Å². The van der Waals surface area contributed by atoms with Gasteiger partial charge in [0.2, 0.25) is 11.0 Å². The summed E-state index contributed by atoms with van der Waals surface area (Å²) < 4.78 is 20.1. The molecule has 1 unspecified atom stereocenters. The fourth-order valence-electron chi connectivity index (χ4n) is 7.56. The lowest BCUT2D eigenvalue weighted by Gasteiger charge is -2.38. The number of nitrogens with one attached hydrogen (secondary N) is 2. The van der Waals surface area contributed by atoms with Gasteiger partial charge in [-0.1, -0.05) is 62.4 Å². The van der Waals surface area contributed by atoms with Crippen LogP contribution in [0.1, 0.15) is 79.5 Å². The molecule has 3 saturated heterocycles. The minimum atomic E-state index is -2.67. The van der Waals surface area contributed by atoms with Crippen LogP contribution < -0.4 is 15.8 Å². The van der Waals surface area contributed by atoms with E-state index in [0.29, 0.717) is 61.8 Å². The van der Waals surface area contributed by atoms with Gasteiger partial charge in [-0.2, -0.15) is 0 Å². The second kappa shape index (κ2) is 18.8. The molecule has 3 heterocycles. The number of amides is 3. The van der Waals surface area contributed by atoms with Crippen molar-refractivity contribution in [2.75, 3.05) is 33.2 Å². The Labute approximate surface area is 332 Å². The Bertz CT molecular complexity index is 1870. The quantitative estimate of drug-likeness (QED) is 0.149. The number of nitrogens with zero attached hydrogens (tertiary/aromatic N) is 1. The molecule has 3 aliphatic heterocycles. The van der Waals surface area contributed by atoms with Gasteiger partial charge in [0.15, 0.2) is 24.8 Å². The van der Waals surface area contributed by atoms with Gasteiger partial charge in [-0.15, -0.1) is 10.2 Å². The number of Topliss-reactive ketones (excluding diaryl/α,β-unsaturated/α-hetero) is 2. The summed E-state index contributed by atoms with van der Waals surface area (Å²) in [4.78, 5) is 104. The number of ether oxygens (including phenoxy) is 4. The largest absolute Gasteiger partial charge is 0.456 e. The monoisotopic (exact) mass is 810 g/mol. The highest BCUT2D eigenvalue weighted by Gasteiger charge is 2.49. The van der Waals surface area contributed by atoms with Crippen molar-refractivity contribution in [1.82, 2.24) is 15.5 Å². The van der Waals surface area contributed by atoms with Crippen LogP contribution in [-0.2, 0) is 38.1 Å². The fraction of sp³-hybridized carbons (Fsp3) is 0.500. The molecule has 0 aromatic heterocycles. The predicted octanol–water partition coefficient (Wildman–Crippen LogP) is 3.82. The number of benzene rings is 2. The zero-order valence-electron chi connectivity index (χ0n) is 32.5. The Hall–Kier alpha value is -5.29. The van der Waals surface area contributed by atoms with Crippen molar-refractivity contribution in [3.8, 4) is 11.1 Å². The number of carbonyl (C=O) groups excluding carboxylic acids is 8. The number of nitrogens with two attached hydrogens (primary N) is 1. The van der Waals surface area contributed by atoms with Crippen LogP contribution in [0, 0.1) is 5.92 Å². The lowest BCUT2D eigenvalue weighted by Crippen LogP contribution is -2.53. The van der Waals surface area contributed by atoms with Gasteiger partial charge < -0.3 is 34.5 Å². The smallest absolute Gasteiger partial charge is 0.407 e. The molecule has 17 heteroatoms. The first kappa shape index (κ1) is 42.8. The van der Waals surface area contributed by atoms with Crippen LogP contribution in [0.25, 0.3) is 11.1 Å². The van der Waals surface area contributed by atoms with E-state index >= 15 is 0 Å². The molecule has 6 atom stereocenters. The number of alkyl carbamates (subject to hydrolysis) is 2. The maximum absolute atomic E-state index is 13.5. The Morgan fingerprint density at radius 1 is 0.754 bits per heavy atom. The number of hydrogen-bond donors (Lipinski definition) is 3. The van der Waals surface area contributed by atoms with Crippen molar-refractivity contribution >= 4 is 56.9 Å². The highest BCUT2D eigenvalue weighted by atomic mass is 32.3. The molecule has 0 bridgehead atoms. The molecule has 0 radical (unpaired) electrons. The molecule has 3 aliphatic rings. The van der Waals surface area contributed by atoms with Gasteiger partial charge in [-0.25, -0.2) is 14.4 Å². The van der Waals surface area contributed by atoms with E-state index in [9.17, 15) is 38.4 Å². The topological polar surface area (TPSA) is 227 Å². The Morgan fingerprint density at radius 2 is 1.32 bits per heavy atom. The molecule has 5 rings (SSSR count). The third kappa shape index (κ3) is 9.82. The van der Waals surface area contributed by atoms with Crippen LogP contribution in [0.4, 0.5) is 9.59 Å². The lowest BCUT2D eigenvalue weighted by atomic mass is 10.0. The van der Waals surface area contributed by atoms with E-state index in [1.54, 1.807) is 62.4 Å². The summed E-state index contributed by atoms with van der Waals surface area (Å²) in [6, 6.07) is 10.5. The number of methoxy groups -OCH3 is 2. The van der Waals surface area contributed by atoms with Crippen LogP contribution in [0.5, 0.6) is 0 Å². The molecule has 16 nitrogen and oxygen atoms in total. The highest BCUT2D eigenvalue weighted by Crippen LogP contribution is 2.55. The summed E-state index contributed by atoms with van der Waals surface area (Å²) in [5, 5.41) is 10.4. The summed E-state index contributed by atoms with van der Waals surface area (Å²) in [6.45, 7) is 2.45. The lowest BCUT2D eigenvalue weighted by molar-refractivity contribution is -0.154. The Morgan fingerprint density at radius 3 is 1.86 bits per heavy atom. The number of hydrogen-bond acceptors (Lipinski definition) is 13. The van der Waals surface area contributed by atoms with Crippen molar-refractivity contribution in [2.24, 2.45) is 11.1 Å². The van der Waals surface area contributed by atoms with Gasteiger partial charge in [0, 0.05) is 17.2 Å². The van der Waals surface area contributed by atoms with E-state index in [2.05, 4.69) is 20.1 Å². The van der Waals surface area contributed by atoms with E-state index in [4.69, 9.17) is 14.6 Å². The molecular weight excluding hydrogens is 761 g/mol. The SMILES string of the molecule is COC(=O)N[C@H]1CCC[C@@H]2CC[C@@H](C(=O)OCC(=O)c3ccc(-c4ccc(C(=O)COC(=O)[C@@H]5CCCS5(N)C(=O)[C@@H](NC(=O)OC)C(C)C)cc4)cc3)N2C1=O. The van der Waals surface area contributed by atoms with E-state index in [1.807, 2.05) is 0 Å². The van der Waals surface area contributed by atoms with Crippen molar-refractivity contribution in [3.63, 3.8) is 0 Å². The van der Waals surface area contributed by atoms with Crippen molar-refractivity contribution in [3.05, 3.63) is 59.7 Å². The molecule has 308 valence electrons. The third-order valence-corrected chi connectivity index (χ3v) is 14.2. The third-order valence-electron chi connectivity index (χ3n) is 10.7. The average Bonchev–Trinajstić information content (AvgIpc) is 3.80. The Kier molecular flexibility index (Phi) is 14.1. The van der Waals surface area contributed by atoms with Gasteiger partial charge in [0.1, 0.15) is 23.4 Å². The van der Waals surface area contributed by atoms with Crippen molar-refractivity contribution in [2.45, 2.75) is 88.2 Å². The maximum Gasteiger partial charge on any atom is 0.407 e. The molecule has 0 saturated carbocycles. The molecule has 3 fully saturated rings. The number of esters is 2. The molecule has 2 aromatic rings. The van der Waals surface area contributed by atoms with Gasteiger partial charge in [-0.05, 0) is 67.7 Å². The summed E-state index contributed by atoms with van der Waals surface area (Å²) in [5.41, 5.74) is 2.09. The van der Waals surface area contributed by atoms with Crippen LogP contribution in [0.2, 0.25) is 0 Å². The first-order valence-corrected chi connectivity index (χ1v) is 20.8. The first-order valence-electron chi connectivity index (χ1n) is 18.9. The van der Waals surface area contributed by atoms with Gasteiger partial charge in [0.05, 0.1) is 14.2 Å². The number of fused-ring (bicyclic) bond motifs is 1. The number of carbonyl (C=O) groups is 8. The van der Waals surface area contributed by atoms with Crippen molar-refractivity contribution in [1.29, 1.82) is 0 Å². The summed E-state index contributed by atoms with van der Waals surface area (Å²) in [6.07, 6.45) is 2.19. The molecule has 2 aromatic carbocycles. The van der Waals surface area contributed by atoms with Gasteiger partial charge in [-0.3, -0.25) is 29.1 Å². The van der Waals surface area contributed by atoms with Crippen LogP contribution in [0.15, 0.2) is 48.5 Å². The number of ketones is 2. The summed E-state index contributed by atoms with van der Waals surface area (Å²) in [7, 11) is -0.268. The van der Waals surface area contributed by atoms with Gasteiger partial charge in [0.25, 0.3) is 0 Å². The zero-order chi connectivity index (χ0) is 41.4. The van der Waals surface area contributed by atoms with E-state index in [1.165, 1.54) is 19.1 Å². The zero-order valence-corrected chi connectivity index (χ0v) is 33.3. The maximum atomic E-state index is 13.5. The normalized spacial score (nSPS) is 24.5. The molecule has 3 amide bonds. The molecular formula is C40H50N4O12S. The summed E-state index contributed by atoms with van der Waals surface area (Å²) >= 11 is 0. The standard InChI is InChI=1S/C40H50N4O12S/c1-23(2)34(43-40(52)54-4)38(50)57(41)20-6-9-33(57)37(49)56-22-32(46)27-16-12-25(13-17-27)24-10-14-26(15-11-24)31(45)21-55-36(48)30-19-18-28-7-5-8-29(35(47)44(28)30)42-39(51)53-3/h10-17,23,28-30,33-34H,5-9,18-22,41H2,1-4H3,(H,42,51)(H,43,52)/t28-,29+,30+,33+,34+/m1/s1. The van der Waals surface area contributed by atoms with Crippen LogP contribution in [-0.4, -0.2) is 114 Å². The summed E-state index contributed by atoms with van der Waals surface area (Å²) in [5.74, 6) is -2.65. The van der Waals surface area contributed by atoms with E-state index < -0.39 is 87.6 Å². The minimum Gasteiger partial charge on any atom is -0.456 e. The average molecular weight is 811 g/mol. The van der Waals surface area contributed by atoms with Gasteiger partial charge >= 0.3 is 24.1 Å². The fourth-order valence-corrected chi connectivity index (χ4v) is 10.8. The molecule has 0 aliphatic carbocycles. The highest BCUT2D eigenvalue weighted by molar-refractivity contribution is 8.44. The molecule has 57 heavy (non-hydrogen) atoms. The first-order chi connectivity index (χ1) is 27.2. The Balaban J connectivity index is 1.12. The predicted molar refractivity (Wildman–Crippen MR) is 208 cm³/mol. The second-order valence-electron chi connectivity index (χ2n) is 14.7. The molecule has 0 spiro atoms.